The largest absolute Gasteiger partial charge is 0.326 e. The van der Waals surface area contributed by atoms with E-state index in [-0.39, 0.29) is 5.91 Å². The van der Waals surface area contributed by atoms with Gasteiger partial charge in [-0.15, -0.1) is 0 Å². The maximum Gasteiger partial charge on any atom is 0.314 e. The molecule has 3 N–H and O–H groups in total. The maximum atomic E-state index is 12.0. The van der Waals surface area contributed by atoms with E-state index in [4.69, 9.17) is 11.6 Å². The van der Waals surface area contributed by atoms with E-state index in [0.29, 0.717) is 27.6 Å². The molecule has 0 atom stereocenters. The summed E-state index contributed by atoms with van der Waals surface area (Å²) in [7, 11) is 0. The molecular formula is C17H16ClN3O3. The summed E-state index contributed by atoms with van der Waals surface area (Å²) in [5.74, 6) is -1.80. The fourth-order valence-corrected chi connectivity index (χ4v) is 2.12. The third-order valence-electron chi connectivity index (χ3n) is 3.19. The van der Waals surface area contributed by atoms with Gasteiger partial charge in [0.1, 0.15) is 0 Å². The van der Waals surface area contributed by atoms with Crippen LogP contribution in [-0.4, -0.2) is 17.7 Å². The number of anilines is 3. The van der Waals surface area contributed by atoms with Gasteiger partial charge < -0.3 is 16.0 Å². The van der Waals surface area contributed by atoms with Gasteiger partial charge in [0.05, 0.1) is 0 Å². The number of carbonyl (C=O) groups excluding carboxylic acids is 3. The molecular weight excluding hydrogens is 330 g/mol. The molecule has 0 aromatic heterocycles. The molecule has 124 valence electrons. The summed E-state index contributed by atoms with van der Waals surface area (Å²) in [5.41, 5.74) is 2.19. The fourth-order valence-electron chi connectivity index (χ4n) is 1.95. The Hall–Kier alpha value is -2.86. The topological polar surface area (TPSA) is 87.3 Å². The number of carbonyl (C=O) groups is 3. The molecule has 0 fully saturated rings. The molecule has 0 radical (unpaired) electrons. The first-order valence-corrected chi connectivity index (χ1v) is 7.49. The summed E-state index contributed by atoms with van der Waals surface area (Å²) >= 11 is 5.98. The molecule has 0 aliphatic rings. The summed E-state index contributed by atoms with van der Waals surface area (Å²) in [4.78, 5) is 34.9. The molecule has 0 saturated heterocycles. The number of hydrogen-bond acceptors (Lipinski definition) is 3. The monoisotopic (exact) mass is 345 g/mol. The summed E-state index contributed by atoms with van der Waals surface area (Å²) in [6.07, 6.45) is 0. The zero-order valence-corrected chi connectivity index (χ0v) is 13.9. The summed E-state index contributed by atoms with van der Waals surface area (Å²) in [6, 6.07) is 11.5. The third kappa shape index (κ3) is 4.57. The van der Waals surface area contributed by atoms with Crippen molar-refractivity contribution < 1.29 is 14.4 Å². The Balaban J connectivity index is 2.00. The van der Waals surface area contributed by atoms with Crippen molar-refractivity contribution in [1.29, 1.82) is 0 Å². The van der Waals surface area contributed by atoms with Crippen LogP contribution in [0.3, 0.4) is 0 Å². The Morgan fingerprint density at radius 1 is 0.833 bits per heavy atom. The van der Waals surface area contributed by atoms with Crippen LogP contribution in [0.2, 0.25) is 5.02 Å². The number of nitrogens with one attached hydrogen (secondary N) is 3. The highest BCUT2D eigenvalue weighted by Crippen LogP contribution is 2.23. The van der Waals surface area contributed by atoms with E-state index < -0.39 is 11.8 Å². The van der Waals surface area contributed by atoms with Crippen LogP contribution in [0, 0.1) is 6.92 Å². The predicted molar refractivity (Wildman–Crippen MR) is 94.2 cm³/mol. The minimum atomic E-state index is -0.804. The van der Waals surface area contributed by atoms with E-state index in [9.17, 15) is 14.4 Å². The number of rotatable bonds is 3. The van der Waals surface area contributed by atoms with Crippen molar-refractivity contribution in [2.24, 2.45) is 0 Å². The lowest BCUT2D eigenvalue weighted by Crippen LogP contribution is -2.29. The van der Waals surface area contributed by atoms with Gasteiger partial charge in [0, 0.05) is 29.0 Å². The lowest BCUT2D eigenvalue weighted by molar-refractivity contribution is -0.133. The van der Waals surface area contributed by atoms with E-state index in [0.717, 1.165) is 0 Å². The second kappa shape index (κ2) is 7.61. The molecule has 0 spiro atoms. The molecule has 24 heavy (non-hydrogen) atoms. The Kier molecular flexibility index (Phi) is 5.55. The minimum absolute atomic E-state index is 0.192. The van der Waals surface area contributed by atoms with Gasteiger partial charge in [0.15, 0.2) is 0 Å². The highest BCUT2D eigenvalue weighted by Gasteiger charge is 2.15. The van der Waals surface area contributed by atoms with Crippen LogP contribution in [0.4, 0.5) is 17.1 Å². The number of hydrogen-bond donors (Lipinski definition) is 3. The first kappa shape index (κ1) is 17.5. The summed E-state index contributed by atoms with van der Waals surface area (Å²) in [6.45, 7) is 3.15. The van der Waals surface area contributed by atoms with Crippen molar-refractivity contribution in [3.63, 3.8) is 0 Å². The Morgan fingerprint density at radius 2 is 1.38 bits per heavy atom. The molecule has 0 aliphatic carbocycles. The van der Waals surface area contributed by atoms with Gasteiger partial charge in [-0.25, -0.2) is 0 Å². The van der Waals surface area contributed by atoms with Crippen molar-refractivity contribution in [2.45, 2.75) is 13.8 Å². The zero-order chi connectivity index (χ0) is 17.7. The van der Waals surface area contributed by atoms with Gasteiger partial charge in [0.25, 0.3) is 0 Å². The van der Waals surface area contributed by atoms with Gasteiger partial charge in [-0.1, -0.05) is 17.7 Å². The normalized spacial score (nSPS) is 9.96. The summed E-state index contributed by atoms with van der Waals surface area (Å²) in [5, 5.41) is 8.11. The second-order valence-electron chi connectivity index (χ2n) is 5.08. The van der Waals surface area contributed by atoms with Crippen molar-refractivity contribution >= 4 is 46.4 Å². The standard InChI is InChI=1S/C17H16ClN3O3/c1-10-14(18)4-3-5-15(10)21-17(24)16(23)20-13-8-6-12(7-9-13)19-11(2)22/h3-9H,1-2H3,(H,19,22)(H,20,23)(H,21,24). The van der Waals surface area contributed by atoms with Crippen molar-refractivity contribution in [2.75, 3.05) is 16.0 Å². The van der Waals surface area contributed by atoms with E-state index in [1.807, 2.05) is 0 Å². The van der Waals surface area contributed by atoms with Gasteiger partial charge in [-0.2, -0.15) is 0 Å². The first-order valence-electron chi connectivity index (χ1n) is 7.12. The number of amides is 3. The highest BCUT2D eigenvalue weighted by atomic mass is 35.5. The van der Waals surface area contributed by atoms with E-state index >= 15 is 0 Å². The first-order chi connectivity index (χ1) is 11.4. The molecule has 2 aromatic rings. The Bertz CT molecular complexity index is 788. The Labute approximate surface area is 144 Å². The van der Waals surface area contributed by atoms with Crippen molar-refractivity contribution in [3.05, 3.63) is 53.1 Å². The van der Waals surface area contributed by atoms with E-state index in [2.05, 4.69) is 16.0 Å². The van der Waals surface area contributed by atoms with Crippen LogP contribution < -0.4 is 16.0 Å². The van der Waals surface area contributed by atoms with Crippen molar-refractivity contribution in [1.82, 2.24) is 0 Å². The van der Waals surface area contributed by atoms with Crippen LogP contribution >= 0.6 is 11.6 Å². The average molecular weight is 346 g/mol. The van der Waals surface area contributed by atoms with Gasteiger partial charge in [-0.05, 0) is 48.9 Å². The highest BCUT2D eigenvalue weighted by molar-refractivity contribution is 6.44. The molecule has 2 rings (SSSR count). The third-order valence-corrected chi connectivity index (χ3v) is 3.59. The van der Waals surface area contributed by atoms with Gasteiger partial charge in [-0.3, -0.25) is 14.4 Å². The molecule has 0 heterocycles. The zero-order valence-electron chi connectivity index (χ0n) is 13.1. The molecule has 6 nitrogen and oxygen atoms in total. The van der Waals surface area contributed by atoms with Gasteiger partial charge >= 0.3 is 11.8 Å². The Morgan fingerprint density at radius 3 is 1.96 bits per heavy atom. The molecule has 7 heteroatoms. The molecule has 3 amide bonds. The predicted octanol–water partition coefficient (Wildman–Crippen LogP) is 3.18. The lowest BCUT2D eigenvalue weighted by atomic mass is 10.2. The van der Waals surface area contributed by atoms with Crippen LogP contribution in [0.15, 0.2) is 42.5 Å². The average Bonchev–Trinajstić information content (AvgIpc) is 2.53. The van der Waals surface area contributed by atoms with Crippen LogP contribution in [0.1, 0.15) is 12.5 Å². The molecule has 0 unspecified atom stereocenters. The molecule has 0 saturated carbocycles. The van der Waals surface area contributed by atoms with E-state index in [1.54, 1.807) is 49.4 Å². The summed E-state index contributed by atoms with van der Waals surface area (Å²) < 4.78 is 0. The number of halogens is 1. The maximum absolute atomic E-state index is 12.0. The molecule has 0 aliphatic heterocycles. The molecule has 0 bridgehead atoms. The smallest absolute Gasteiger partial charge is 0.314 e. The second-order valence-corrected chi connectivity index (χ2v) is 5.49. The van der Waals surface area contributed by atoms with Crippen LogP contribution in [-0.2, 0) is 14.4 Å². The molecule has 2 aromatic carbocycles. The van der Waals surface area contributed by atoms with Crippen LogP contribution in [0.25, 0.3) is 0 Å². The SMILES string of the molecule is CC(=O)Nc1ccc(NC(=O)C(=O)Nc2cccc(Cl)c2C)cc1. The van der Waals surface area contributed by atoms with Crippen LogP contribution in [0.5, 0.6) is 0 Å². The number of benzene rings is 2. The fraction of sp³-hybridized carbons (Fsp3) is 0.118. The van der Waals surface area contributed by atoms with Gasteiger partial charge in [0.2, 0.25) is 5.91 Å². The lowest BCUT2D eigenvalue weighted by Gasteiger charge is -2.10. The quantitative estimate of drug-likeness (QED) is 0.746. The van der Waals surface area contributed by atoms with E-state index in [1.165, 1.54) is 6.92 Å². The minimum Gasteiger partial charge on any atom is -0.326 e. The van der Waals surface area contributed by atoms with Crippen molar-refractivity contribution in [3.8, 4) is 0 Å².